The van der Waals surface area contributed by atoms with Crippen molar-refractivity contribution < 1.29 is 60.1 Å². The highest BCUT2D eigenvalue weighted by atomic mass is 16.5. The summed E-state index contributed by atoms with van der Waals surface area (Å²) in [6, 6.07) is 13.4. The molecule has 450 valence electrons. The lowest BCUT2D eigenvalue weighted by molar-refractivity contribution is -0.155. The highest BCUT2D eigenvalue weighted by molar-refractivity contribution is 5.98. The lowest BCUT2D eigenvalue weighted by atomic mass is 9.56. The number of nitrogens with one attached hydrogen (secondary N) is 1. The monoisotopic (exact) mass is 1130 g/mol. The van der Waals surface area contributed by atoms with Gasteiger partial charge in [-0.05, 0) is 130 Å². The molecule has 3 fully saturated rings. The van der Waals surface area contributed by atoms with Crippen LogP contribution in [0.5, 0.6) is 11.5 Å². The minimum Gasteiger partial charge on any atom is -0.496 e. The van der Waals surface area contributed by atoms with Gasteiger partial charge in [-0.2, -0.15) is 5.10 Å². The molecule has 5 unspecified atom stereocenters. The Labute approximate surface area is 479 Å². The van der Waals surface area contributed by atoms with Gasteiger partial charge in [-0.15, -0.1) is 0 Å². The normalized spacial score (nSPS) is 21.7. The Morgan fingerprint density at radius 2 is 1.25 bits per heavy atom. The molecular weight excluding hydrogens is 1040 g/mol. The molecule has 22 heteroatoms. The number of aliphatic carboxylic acids is 4. The van der Waals surface area contributed by atoms with Crippen LogP contribution < -0.4 is 19.7 Å². The van der Waals surface area contributed by atoms with Crippen molar-refractivity contribution in [2.45, 2.75) is 84.1 Å². The molecule has 1 aromatic heterocycles. The van der Waals surface area contributed by atoms with E-state index in [2.05, 4.69) is 56.0 Å². The van der Waals surface area contributed by atoms with Crippen LogP contribution in [0.4, 0.5) is 5.69 Å². The number of carbonyl (C=O) groups excluding carboxylic acids is 2. The number of ether oxygens (including phenoxy) is 2. The molecule has 1 aliphatic heterocycles. The largest absolute Gasteiger partial charge is 0.496 e. The molecule has 2 heterocycles. The summed E-state index contributed by atoms with van der Waals surface area (Å²) in [6.07, 6.45) is 5.93. The number of anilines is 1. The van der Waals surface area contributed by atoms with Crippen LogP contribution in [0.1, 0.15) is 96.0 Å². The first kappa shape index (κ1) is 63.8. The summed E-state index contributed by atoms with van der Waals surface area (Å²) in [5.41, 5.74) is 2.54. The lowest BCUT2D eigenvalue weighted by Crippen LogP contribution is -2.66. The number of benzene rings is 2. The Morgan fingerprint density at radius 3 is 1.74 bits per heavy atom. The number of methoxy groups -OCH3 is 2. The maximum atomic E-state index is 14.7. The maximum Gasteiger partial charge on any atom is 0.329 e. The van der Waals surface area contributed by atoms with Gasteiger partial charge in [0.05, 0.1) is 57.3 Å². The highest BCUT2D eigenvalue weighted by Gasteiger charge is 2.57. The van der Waals surface area contributed by atoms with Crippen molar-refractivity contribution in [2.75, 3.05) is 145 Å². The molecule has 1 saturated heterocycles. The number of hydrogen-bond donors (Lipinski definition) is 5. The van der Waals surface area contributed by atoms with Gasteiger partial charge in [0.15, 0.2) is 5.69 Å². The van der Waals surface area contributed by atoms with Crippen molar-refractivity contribution in [3.05, 3.63) is 53.7 Å². The first-order chi connectivity index (χ1) is 38.6. The molecule has 3 aromatic rings. The van der Waals surface area contributed by atoms with Crippen LogP contribution in [0.15, 0.2) is 42.5 Å². The number of carbonyl (C=O) groups is 6. The number of amides is 2. The first-order valence-electron chi connectivity index (χ1n) is 28.8. The third kappa shape index (κ3) is 16.9. The number of rotatable bonds is 26. The molecule has 0 spiro atoms. The Balaban J connectivity index is 0.0000123. The standard InChI is InChI=1S/C59H90N10O12.H2/c1-10-42-31-43-30-41(4)59(58(78)79,44(32-42)33-43)60-57(77)47-35-49(56-50(80-8)14-11-15-51(56)81-9)69(61-47)48-17-16-45(34-46(48)40(2)3)63(6)20-12-18-62(5)19-13-21-64(7)52(70)36-65-22-24-66(37-53(71)72)26-28-68(39-55(75)76)29-27-67(25-23-65)38-54(73)74;/h11,14-17,34-35,40-44H,10,12-13,18-33,36-39H2,1-9H3,(H,60,77)(H,71,72)(H,73,74)(H,75,76)(H,78,79);1H. The minimum atomic E-state index is -1.43. The van der Waals surface area contributed by atoms with Crippen molar-refractivity contribution >= 4 is 41.4 Å². The molecule has 22 nitrogen and oxygen atoms in total. The fourth-order valence-electron chi connectivity index (χ4n) is 12.5. The number of hydrogen-bond acceptors (Lipinski definition) is 15. The number of aromatic nitrogens is 2. The van der Waals surface area contributed by atoms with E-state index in [9.17, 15) is 49.2 Å². The van der Waals surface area contributed by atoms with Crippen LogP contribution in [0.3, 0.4) is 0 Å². The Hall–Kier alpha value is -6.33. The van der Waals surface area contributed by atoms with Crippen LogP contribution in [0, 0.1) is 23.7 Å². The Morgan fingerprint density at radius 1 is 0.716 bits per heavy atom. The molecule has 2 aromatic carbocycles. The third-order valence-corrected chi connectivity index (χ3v) is 17.0. The summed E-state index contributed by atoms with van der Waals surface area (Å²) in [5, 5.41) is 47.8. The molecule has 81 heavy (non-hydrogen) atoms. The van der Waals surface area contributed by atoms with Gasteiger partial charge in [0.2, 0.25) is 5.91 Å². The second-order valence-electron chi connectivity index (χ2n) is 23.1. The van der Waals surface area contributed by atoms with E-state index >= 15 is 0 Å². The molecule has 0 radical (unpaired) electrons. The number of fused-ring (bicyclic) bond motifs is 2. The fraction of sp³-hybridized carbons (Fsp3) is 0.644. The Bertz CT molecular complexity index is 2580. The van der Waals surface area contributed by atoms with E-state index in [1.54, 1.807) is 51.6 Å². The van der Waals surface area contributed by atoms with Gasteiger partial charge in [0.25, 0.3) is 5.91 Å². The molecule has 2 amide bonds. The summed E-state index contributed by atoms with van der Waals surface area (Å²) < 4.78 is 13.5. The van der Waals surface area contributed by atoms with Crippen LogP contribution >= 0.6 is 0 Å². The van der Waals surface area contributed by atoms with E-state index in [1.165, 1.54) is 0 Å². The molecule has 2 aliphatic carbocycles. The van der Waals surface area contributed by atoms with Gasteiger partial charge in [0, 0.05) is 86.7 Å². The number of carboxylic acid groups (broad SMARTS) is 4. The van der Waals surface area contributed by atoms with Gasteiger partial charge in [0.1, 0.15) is 17.0 Å². The van der Waals surface area contributed by atoms with Crippen LogP contribution in [-0.2, 0) is 24.0 Å². The highest BCUT2D eigenvalue weighted by Crippen LogP contribution is 2.51. The minimum absolute atomic E-state index is 0. The molecule has 5 N–H and O–H groups in total. The van der Waals surface area contributed by atoms with E-state index in [-0.39, 0.29) is 57.0 Å². The smallest absolute Gasteiger partial charge is 0.329 e. The van der Waals surface area contributed by atoms with Crippen LogP contribution in [-0.4, -0.2) is 241 Å². The number of nitrogens with zero attached hydrogens (tertiary/aromatic N) is 9. The van der Waals surface area contributed by atoms with Crippen molar-refractivity contribution in [1.29, 1.82) is 0 Å². The van der Waals surface area contributed by atoms with Gasteiger partial charge in [-0.1, -0.05) is 40.2 Å². The van der Waals surface area contributed by atoms with E-state index in [0.717, 1.165) is 81.5 Å². The average molecular weight is 1130 g/mol. The average Bonchev–Trinajstić information content (AvgIpc) is 3.73. The number of carboxylic acids is 4. The Kier molecular flexibility index (Phi) is 23.3. The molecular formula is C59H92N10O12. The summed E-state index contributed by atoms with van der Waals surface area (Å²) >= 11 is 0. The predicted octanol–water partition coefficient (Wildman–Crippen LogP) is 5.04. The van der Waals surface area contributed by atoms with Gasteiger partial charge < -0.3 is 49.9 Å². The van der Waals surface area contributed by atoms with Gasteiger partial charge in [-0.25, -0.2) is 9.48 Å². The van der Waals surface area contributed by atoms with Crippen LogP contribution in [0.25, 0.3) is 16.9 Å². The summed E-state index contributed by atoms with van der Waals surface area (Å²) in [5.74, 6) is -3.21. The zero-order valence-electron chi connectivity index (χ0n) is 49.3. The van der Waals surface area contributed by atoms with E-state index in [0.29, 0.717) is 93.5 Å². The molecule has 3 aliphatic rings. The van der Waals surface area contributed by atoms with E-state index < -0.39 is 35.3 Å². The SMILES string of the molecule is CCC1CC2CC(C)C(NC(=O)c3cc(-c4c(OC)cccc4OC)n(-c4ccc(N(C)CCCN(C)CCCN(C)C(=O)CN5CCN(CC(=O)O)CCN(CC(=O)O)CCN(CC(=O)O)CC5)cc4C(C)C)n3)(C(=O)O)C(C1)C2.[HH]. The molecule has 2 bridgehead atoms. The second kappa shape index (κ2) is 29.6. The summed E-state index contributed by atoms with van der Waals surface area (Å²) in [6.45, 7) is 13.2. The van der Waals surface area contributed by atoms with Crippen LogP contribution in [0.2, 0.25) is 0 Å². The first-order valence-corrected chi connectivity index (χ1v) is 28.8. The molecule has 6 rings (SSSR count). The summed E-state index contributed by atoms with van der Waals surface area (Å²) in [4.78, 5) is 90.0. The van der Waals surface area contributed by atoms with Crippen molar-refractivity contribution in [1.82, 2.24) is 44.5 Å². The zero-order chi connectivity index (χ0) is 59.1. The third-order valence-electron chi connectivity index (χ3n) is 17.0. The van der Waals surface area contributed by atoms with E-state index in [4.69, 9.17) is 14.6 Å². The maximum absolute atomic E-state index is 14.7. The fourth-order valence-corrected chi connectivity index (χ4v) is 12.5. The van der Waals surface area contributed by atoms with E-state index in [1.807, 2.05) is 42.2 Å². The van der Waals surface area contributed by atoms with Crippen molar-refractivity contribution in [3.8, 4) is 28.4 Å². The van der Waals surface area contributed by atoms with Gasteiger partial charge in [-0.3, -0.25) is 43.6 Å². The molecule has 2 saturated carbocycles. The second-order valence-corrected chi connectivity index (χ2v) is 23.1. The number of likely N-dealkylation sites (N-methyl/N-ethyl adjacent to an activating group) is 1. The zero-order valence-corrected chi connectivity index (χ0v) is 49.3. The van der Waals surface area contributed by atoms with Gasteiger partial charge >= 0.3 is 23.9 Å². The quantitative estimate of drug-likeness (QED) is 0.0706. The van der Waals surface area contributed by atoms with Crippen molar-refractivity contribution in [3.63, 3.8) is 0 Å². The molecule has 5 atom stereocenters. The summed E-state index contributed by atoms with van der Waals surface area (Å²) in [7, 11) is 9.05. The lowest BCUT2D eigenvalue weighted by Gasteiger charge is -2.52. The van der Waals surface area contributed by atoms with Crippen molar-refractivity contribution in [2.24, 2.45) is 23.7 Å². The topological polar surface area (TPSA) is 254 Å². The predicted molar refractivity (Wildman–Crippen MR) is 311 cm³/mol.